The number of rotatable bonds is 2. The summed E-state index contributed by atoms with van der Waals surface area (Å²) in [6, 6.07) is 9.51. The predicted molar refractivity (Wildman–Crippen MR) is 75.6 cm³/mol. The lowest BCUT2D eigenvalue weighted by Gasteiger charge is -2.11. The van der Waals surface area contributed by atoms with E-state index in [1.165, 1.54) is 12.1 Å². The summed E-state index contributed by atoms with van der Waals surface area (Å²) in [5, 5.41) is 0.420. The Balaban J connectivity index is 2.37. The Morgan fingerprint density at radius 1 is 0.778 bits per heavy atom. The monoisotopic (exact) mass is 322 g/mol. The average Bonchev–Trinajstić information content (AvgIpc) is 2.35. The van der Waals surface area contributed by atoms with Gasteiger partial charge in [0.15, 0.2) is 0 Å². The van der Waals surface area contributed by atoms with Gasteiger partial charge in [-0.15, -0.1) is 11.6 Å². The first-order valence-electron chi connectivity index (χ1n) is 5.03. The van der Waals surface area contributed by atoms with Crippen LogP contribution in [0.1, 0.15) is 16.5 Å². The van der Waals surface area contributed by atoms with E-state index in [-0.39, 0.29) is 5.02 Å². The molecule has 2 aromatic carbocycles. The summed E-state index contributed by atoms with van der Waals surface area (Å²) in [6.07, 6.45) is 0. The fraction of sp³-hybridized carbons (Fsp3) is 0.0769. The van der Waals surface area contributed by atoms with Crippen LogP contribution in [0.5, 0.6) is 0 Å². The van der Waals surface area contributed by atoms with Gasteiger partial charge in [0.25, 0.3) is 0 Å². The maximum atomic E-state index is 13.4. The van der Waals surface area contributed by atoms with E-state index in [9.17, 15) is 4.39 Å². The third-order valence-electron chi connectivity index (χ3n) is 2.47. The third-order valence-corrected chi connectivity index (χ3v) is 4.02. The van der Waals surface area contributed by atoms with Crippen LogP contribution in [0.25, 0.3) is 0 Å². The van der Waals surface area contributed by atoms with Crippen LogP contribution in [0, 0.1) is 5.82 Å². The lowest BCUT2D eigenvalue weighted by atomic mass is 10.0. The first-order valence-corrected chi connectivity index (χ1v) is 6.60. The molecular formula is C13H7Cl4F. The van der Waals surface area contributed by atoms with E-state index in [0.717, 1.165) is 5.56 Å². The van der Waals surface area contributed by atoms with Crippen molar-refractivity contribution in [3.8, 4) is 0 Å². The maximum Gasteiger partial charge on any atom is 0.142 e. The summed E-state index contributed by atoms with van der Waals surface area (Å²) in [4.78, 5) is 0. The number of hydrogen-bond donors (Lipinski definition) is 0. The molecule has 0 aliphatic rings. The lowest BCUT2D eigenvalue weighted by Crippen LogP contribution is -1.94. The summed E-state index contributed by atoms with van der Waals surface area (Å²) in [5.41, 5.74) is 1.35. The minimum Gasteiger partial charge on any atom is -0.205 e. The minimum absolute atomic E-state index is 0.0664. The largest absolute Gasteiger partial charge is 0.205 e. The molecule has 0 aliphatic heterocycles. The molecule has 0 aliphatic carbocycles. The van der Waals surface area contributed by atoms with Gasteiger partial charge >= 0.3 is 0 Å². The van der Waals surface area contributed by atoms with E-state index >= 15 is 0 Å². The second kappa shape index (κ2) is 5.66. The highest BCUT2D eigenvalue weighted by atomic mass is 35.5. The maximum absolute atomic E-state index is 13.4. The zero-order valence-corrected chi connectivity index (χ0v) is 12.0. The molecule has 1 unspecified atom stereocenters. The van der Waals surface area contributed by atoms with Crippen molar-refractivity contribution in [2.24, 2.45) is 0 Å². The van der Waals surface area contributed by atoms with Crippen molar-refractivity contribution in [1.82, 2.24) is 0 Å². The first kappa shape index (κ1) is 14.0. The van der Waals surface area contributed by atoms with E-state index in [4.69, 9.17) is 46.4 Å². The molecule has 94 valence electrons. The summed E-state index contributed by atoms with van der Waals surface area (Å²) < 4.78 is 13.4. The first-order chi connectivity index (χ1) is 8.49. The van der Waals surface area contributed by atoms with Gasteiger partial charge in [0.05, 0.1) is 20.4 Å². The van der Waals surface area contributed by atoms with Crippen molar-refractivity contribution >= 4 is 46.4 Å². The molecule has 0 amide bonds. The minimum atomic E-state index is -0.508. The van der Waals surface area contributed by atoms with E-state index in [2.05, 4.69) is 0 Å². The van der Waals surface area contributed by atoms with Gasteiger partial charge in [0.1, 0.15) is 5.82 Å². The Morgan fingerprint density at radius 2 is 1.33 bits per heavy atom. The molecule has 0 saturated heterocycles. The number of alkyl halides is 1. The van der Waals surface area contributed by atoms with Gasteiger partial charge in [-0.1, -0.05) is 46.9 Å². The molecule has 0 fully saturated rings. The van der Waals surface area contributed by atoms with Crippen LogP contribution in [0.2, 0.25) is 15.1 Å². The molecule has 0 nitrogen and oxygen atoms in total. The van der Waals surface area contributed by atoms with Gasteiger partial charge in [0, 0.05) is 0 Å². The molecule has 18 heavy (non-hydrogen) atoms. The number of benzene rings is 2. The number of halogens is 5. The number of hydrogen-bond acceptors (Lipinski definition) is 0. The van der Waals surface area contributed by atoms with Crippen LogP contribution in [-0.4, -0.2) is 0 Å². The smallest absolute Gasteiger partial charge is 0.142 e. The van der Waals surface area contributed by atoms with Gasteiger partial charge in [-0.05, 0) is 35.4 Å². The van der Waals surface area contributed by atoms with Crippen molar-refractivity contribution in [1.29, 1.82) is 0 Å². The summed E-state index contributed by atoms with van der Waals surface area (Å²) >= 11 is 23.6. The van der Waals surface area contributed by atoms with Crippen molar-refractivity contribution < 1.29 is 4.39 Å². The Morgan fingerprint density at radius 3 is 1.89 bits per heavy atom. The lowest BCUT2D eigenvalue weighted by molar-refractivity contribution is 0.626. The van der Waals surface area contributed by atoms with Crippen molar-refractivity contribution in [3.05, 3.63) is 68.4 Å². The Kier molecular flexibility index (Phi) is 4.39. The standard InChI is InChI=1S/C13H7Cl4F/c14-9-3-1-7(5-11(9)16)13(17)8-2-4-10(15)12(18)6-8/h1-6,13H. The molecule has 0 N–H and O–H groups in total. The molecule has 0 saturated carbocycles. The highest BCUT2D eigenvalue weighted by Crippen LogP contribution is 2.33. The molecule has 5 heteroatoms. The zero-order chi connectivity index (χ0) is 13.3. The highest BCUT2D eigenvalue weighted by Gasteiger charge is 2.14. The summed E-state index contributed by atoms with van der Waals surface area (Å²) in [6.45, 7) is 0. The molecule has 0 spiro atoms. The van der Waals surface area contributed by atoms with Crippen LogP contribution in [0.3, 0.4) is 0 Å². The summed E-state index contributed by atoms with van der Waals surface area (Å²) in [7, 11) is 0. The quantitative estimate of drug-likeness (QED) is 0.584. The van der Waals surface area contributed by atoms with E-state index < -0.39 is 11.2 Å². The Bertz CT molecular complexity index is 532. The van der Waals surface area contributed by atoms with Crippen LogP contribution in [0.4, 0.5) is 4.39 Å². The topological polar surface area (TPSA) is 0 Å². The molecule has 0 aromatic heterocycles. The second-order valence-electron chi connectivity index (χ2n) is 3.71. The van der Waals surface area contributed by atoms with Crippen LogP contribution >= 0.6 is 46.4 Å². The van der Waals surface area contributed by atoms with Gasteiger partial charge in [-0.3, -0.25) is 0 Å². The van der Waals surface area contributed by atoms with E-state index in [1.54, 1.807) is 24.3 Å². The molecule has 2 aromatic rings. The Hall–Kier alpha value is -0.470. The average molecular weight is 324 g/mol. The van der Waals surface area contributed by atoms with Crippen LogP contribution in [-0.2, 0) is 0 Å². The SMILES string of the molecule is Fc1cc(C(Cl)c2ccc(Cl)c(Cl)c2)ccc1Cl. The highest BCUT2D eigenvalue weighted by molar-refractivity contribution is 6.42. The van der Waals surface area contributed by atoms with E-state index in [1.807, 2.05) is 0 Å². The molecule has 0 heterocycles. The van der Waals surface area contributed by atoms with Crippen molar-refractivity contribution in [2.75, 3.05) is 0 Å². The normalized spacial score (nSPS) is 12.5. The van der Waals surface area contributed by atoms with Crippen molar-refractivity contribution in [2.45, 2.75) is 5.38 Å². The van der Waals surface area contributed by atoms with E-state index in [0.29, 0.717) is 15.6 Å². The molecular weight excluding hydrogens is 317 g/mol. The van der Waals surface area contributed by atoms with Crippen LogP contribution in [0.15, 0.2) is 36.4 Å². The van der Waals surface area contributed by atoms with Gasteiger partial charge in [-0.2, -0.15) is 0 Å². The fourth-order valence-corrected chi connectivity index (χ4v) is 2.23. The fourth-order valence-electron chi connectivity index (χ4n) is 1.53. The molecule has 1 atom stereocenters. The molecule has 2 rings (SSSR count). The van der Waals surface area contributed by atoms with Gasteiger partial charge in [-0.25, -0.2) is 4.39 Å². The zero-order valence-electron chi connectivity index (χ0n) is 8.93. The predicted octanol–water partition coefficient (Wildman–Crippen LogP) is 6.11. The van der Waals surface area contributed by atoms with Gasteiger partial charge in [0.2, 0.25) is 0 Å². The van der Waals surface area contributed by atoms with Crippen LogP contribution < -0.4 is 0 Å². The molecule has 0 radical (unpaired) electrons. The molecule has 0 bridgehead atoms. The summed E-state index contributed by atoms with van der Waals surface area (Å²) in [5.74, 6) is -0.500. The Labute approximate surface area is 124 Å². The third kappa shape index (κ3) is 2.92. The second-order valence-corrected chi connectivity index (χ2v) is 5.37. The van der Waals surface area contributed by atoms with Gasteiger partial charge < -0.3 is 0 Å². The van der Waals surface area contributed by atoms with Crippen molar-refractivity contribution in [3.63, 3.8) is 0 Å².